The molecule has 144 valence electrons. The van der Waals surface area contributed by atoms with E-state index >= 15 is 0 Å². The summed E-state index contributed by atoms with van der Waals surface area (Å²) in [4.78, 5) is 27.8. The van der Waals surface area contributed by atoms with Gasteiger partial charge in [-0.15, -0.1) is 0 Å². The molecule has 1 aliphatic heterocycles. The molecule has 2 rings (SSSR count). The van der Waals surface area contributed by atoms with E-state index in [2.05, 4.69) is 30.1 Å². The number of carbonyl (C=O) groups excluding carboxylic acids is 2. The van der Waals surface area contributed by atoms with E-state index in [1.807, 2.05) is 12.1 Å². The third-order valence-electron chi connectivity index (χ3n) is 4.84. The minimum Gasteiger partial charge on any atom is -0.491 e. The molecule has 0 saturated heterocycles. The molecule has 6 heteroatoms. The van der Waals surface area contributed by atoms with Crippen LogP contribution in [0.1, 0.15) is 38.3 Å². The number of likely N-dealkylation sites (N-methyl/N-ethyl adjacent to an activating group) is 1. The molecule has 1 N–H and O–H groups in total. The van der Waals surface area contributed by atoms with Gasteiger partial charge in [-0.25, -0.2) is 0 Å². The van der Waals surface area contributed by atoms with Gasteiger partial charge in [-0.1, -0.05) is 26.0 Å². The molecular weight excluding hydrogens is 330 g/mol. The second-order valence-electron chi connectivity index (χ2n) is 6.61. The topological polar surface area (TPSA) is 61.9 Å². The van der Waals surface area contributed by atoms with Gasteiger partial charge in [0.2, 0.25) is 11.8 Å². The molecule has 0 spiro atoms. The smallest absolute Gasteiger partial charge is 0.220 e. The van der Waals surface area contributed by atoms with Gasteiger partial charge in [-0.2, -0.15) is 0 Å². The molecular formula is C20H31N3O3. The van der Waals surface area contributed by atoms with Gasteiger partial charge >= 0.3 is 0 Å². The molecule has 1 aromatic carbocycles. The van der Waals surface area contributed by atoms with Crippen molar-refractivity contribution in [3.63, 3.8) is 0 Å². The Hall–Kier alpha value is -2.08. The van der Waals surface area contributed by atoms with Gasteiger partial charge in [-0.3, -0.25) is 9.59 Å². The number of ether oxygens (including phenoxy) is 1. The Bertz CT molecular complexity index is 614. The Morgan fingerprint density at radius 2 is 2.04 bits per heavy atom. The minimum atomic E-state index is 0.0550. The summed E-state index contributed by atoms with van der Waals surface area (Å²) in [6.45, 7) is 11.1. The van der Waals surface area contributed by atoms with Crippen LogP contribution in [0.5, 0.6) is 5.75 Å². The zero-order valence-corrected chi connectivity index (χ0v) is 16.2. The molecule has 0 fully saturated rings. The van der Waals surface area contributed by atoms with Gasteiger partial charge in [0.05, 0.1) is 6.54 Å². The molecule has 0 saturated carbocycles. The molecule has 1 aromatic rings. The number of hydrogen-bond acceptors (Lipinski definition) is 4. The summed E-state index contributed by atoms with van der Waals surface area (Å²) in [5.41, 5.74) is 2.11. The lowest BCUT2D eigenvalue weighted by Gasteiger charge is -2.18. The first-order chi connectivity index (χ1) is 12.5. The highest BCUT2D eigenvalue weighted by Gasteiger charge is 2.17. The number of carbonyl (C=O) groups is 2. The molecule has 1 heterocycles. The van der Waals surface area contributed by atoms with Gasteiger partial charge in [0.25, 0.3) is 0 Å². The summed E-state index contributed by atoms with van der Waals surface area (Å²) >= 11 is 0. The van der Waals surface area contributed by atoms with Crippen molar-refractivity contribution in [3.05, 3.63) is 29.3 Å². The number of nitrogens with one attached hydrogen (secondary N) is 1. The maximum absolute atomic E-state index is 12.1. The Balaban J connectivity index is 1.85. The van der Waals surface area contributed by atoms with E-state index in [1.54, 1.807) is 11.8 Å². The SMILES string of the molecule is CCN(CC)CCNC(=O)CCc1ccc2c(c1)CN(C(C)=O)CCO2. The molecule has 0 aromatic heterocycles. The van der Waals surface area contributed by atoms with Crippen LogP contribution in [0.15, 0.2) is 18.2 Å². The number of aryl methyl sites for hydroxylation is 1. The van der Waals surface area contributed by atoms with Crippen molar-refractivity contribution >= 4 is 11.8 Å². The fraction of sp³-hybridized carbons (Fsp3) is 0.600. The molecule has 0 atom stereocenters. The van der Waals surface area contributed by atoms with E-state index in [9.17, 15) is 9.59 Å². The Kier molecular flexibility index (Phi) is 7.91. The lowest BCUT2D eigenvalue weighted by molar-refractivity contribution is -0.129. The van der Waals surface area contributed by atoms with Crippen LogP contribution in [-0.4, -0.2) is 60.9 Å². The fourth-order valence-corrected chi connectivity index (χ4v) is 3.11. The first-order valence-electron chi connectivity index (χ1n) is 9.52. The lowest BCUT2D eigenvalue weighted by atomic mass is 10.0. The largest absolute Gasteiger partial charge is 0.491 e. The third-order valence-corrected chi connectivity index (χ3v) is 4.84. The average Bonchev–Trinajstić information content (AvgIpc) is 2.85. The monoisotopic (exact) mass is 361 g/mol. The molecule has 0 bridgehead atoms. The van der Waals surface area contributed by atoms with Crippen molar-refractivity contribution in [1.29, 1.82) is 0 Å². The van der Waals surface area contributed by atoms with Crippen molar-refractivity contribution in [3.8, 4) is 5.75 Å². The number of fused-ring (bicyclic) bond motifs is 1. The fourth-order valence-electron chi connectivity index (χ4n) is 3.11. The van der Waals surface area contributed by atoms with Gasteiger partial charge in [0, 0.05) is 38.5 Å². The highest BCUT2D eigenvalue weighted by Crippen LogP contribution is 2.25. The summed E-state index contributed by atoms with van der Waals surface area (Å²) < 4.78 is 5.73. The molecule has 0 aliphatic carbocycles. The normalized spacial score (nSPS) is 13.8. The molecule has 0 unspecified atom stereocenters. The van der Waals surface area contributed by atoms with E-state index < -0.39 is 0 Å². The number of nitrogens with zero attached hydrogens (tertiary/aromatic N) is 2. The summed E-state index contributed by atoms with van der Waals surface area (Å²) in [7, 11) is 0. The molecule has 0 radical (unpaired) electrons. The summed E-state index contributed by atoms with van der Waals surface area (Å²) in [6, 6.07) is 6.01. The molecule has 26 heavy (non-hydrogen) atoms. The lowest BCUT2D eigenvalue weighted by Crippen LogP contribution is -2.34. The second kappa shape index (κ2) is 10.2. The number of hydrogen-bond donors (Lipinski definition) is 1. The van der Waals surface area contributed by atoms with E-state index in [0.717, 1.165) is 36.5 Å². The summed E-state index contributed by atoms with van der Waals surface area (Å²) in [6.07, 6.45) is 1.15. The van der Waals surface area contributed by atoms with Gasteiger partial charge in [-0.05, 0) is 31.1 Å². The Morgan fingerprint density at radius 1 is 1.27 bits per heavy atom. The number of rotatable bonds is 8. The maximum atomic E-state index is 12.1. The van der Waals surface area contributed by atoms with Gasteiger partial charge in [0.15, 0.2) is 0 Å². The van der Waals surface area contributed by atoms with Crippen LogP contribution in [0.2, 0.25) is 0 Å². The predicted octanol–water partition coefficient (Wildman–Crippen LogP) is 1.82. The van der Waals surface area contributed by atoms with E-state index in [4.69, 9.17) is 4.74 Å². The van der Waals surface area contributed by atoms with Crippen LogP contribution in [0.4, 0.5) is 0 Å². The first-order valence-corrected chi connectivity index (χ1v) is 9.52. The number of amides is 2. The average molecular weight is 361 g/mol. The van der Waals surface area contributed by atoms with Crippen molar-refractivity contribution in [2.75, 3.05) is 39.3 Å². The van der Waals surface area contributed by atoms with E-state index in [1.165, 1.54) is 0 Å². The summed E-state index contributed by atoms with van der Waals surface area (Å²) in [5, 5.41) is 2.99. The molecule has 6 nitrogen and oxygen atoms in total. The first kappa shape index (κ1) is 20.2. The zero-order valence-electron chi connectivity index (χ0n) is 16.2. The maximum Gasteiger partial charge on any atom is 0.220 e. The Labute approximate surface area is 156 Å². The predicted molar refractivity (Wildman–Crippen MR) is 102 cm³/mol. The zero-order chi connectivity index (χ0) is 18.9. The van der Waals surface area contributed by atoms with Gasteiger partial charge < -0.3 is 19.9 Å². The van der Waals surface area contributed by atoms with Gasteiger partial charge in [0.1, 0.15) is 12.4 Å². The highest BCUT2D eigenvalue weighted by atomic mass is 16.5. The number of benzene rings is 1. The highest BCUT2D eigenvalue weighted by molar-refractivity contribution is 5.76. The summed E-state index contributed by atoms with van der Waals surface area (Å²) in [5.74, 6) is 0.967. The minimum absolute atomic E-state index is 0.0550. The van der Waals surface area contributed by atoms with Crippen molar-refractivity contribution < 1.29 is 14.3 Å². The van der Waals surface area contributed by atoms with Crippen LogP contribution in [0.25, 0.3) is 0 Å². The van der Waals surface area contributed by atoms with Crippen LogP contribution in [0.3, 0.4) is 0 Å². The second-order valence-corrected chi connectivity index (χ2v) is 6.61. The van der Waals surface area contributed by atoms with E-state index in [-0.39, 0.29) is 11.8 Å². The van der Waals surface area contributed by atoms with Crippen molar-refractivity contribution in [2.24, 2.45) is 0 Å². The van der Waals surface area contributed by atoms with E-state index in [0.29, 0.717) is 39.1 Å². The van der Waals surface area contributed by atoms with Crippen LogP contribution in [0, 0.1) is 0 Å². The third kappa shape index (κ3) is 6.02. The van der Waals surface area contributed by atoms with Crippen molar-refractivity contribution in [2.45, 2.75) is 40.2 Å². The quantitative estimate of drug-likeness (QED) is 0.767. The van der Waals surface area contributed by atoms with Crippen LogP contribution < -0.4 is 10.1 Å². The Morgan fingerprint density at radius 3 is 2.73 bits per heavy atom. The van der Waals surface area contributed by atoms with Crippen LogP contribution >= 0.6 is 0 Å². The molecule has 2 amide bonds. The van der Waals surface area contributed by atoms with Crippen molar-refractivity contribution in [1.82, 2.24) is 15.1 Å². The standard InChI is InChI=1S/C20H31N3O3/c1-4-22(5-2)11-10-21-20(25)9-7-17-6-8-19-18(14-17)15-23(16(3)24)12-13-26-19/h6,8,14H,4-5,7,9-13,15H2,1-3H3,(H,21,25). The molecule has 1 aliphatic rings. The van der Waals surface area contributed by atoms with Crippen LogP contribution in [-0.2, 0) is 22.6 Å².